The molecule has 0 bridgehead atoms. The molecule has 0 aliphatic heterocycles. The van der Waals surface area contributed by atoms with Crippen LogP contribution in [0.1, 0.15) is 19.4 Å². The summed E-state index contributed by atoms with van der Waals surface area (Å²) in [5.74, 6) is 0. The van der Waals surface area contributed by atoms with Gasteiger partial charge >= 0.3 is 0 Å². The number of rotatable bonds is 1. The molecule has 0 unspecified atom stereocenters. The minimum atomic E-state index is -0.816. The molecule has 0 atom stereocenters. The van der Waals surface area contributed by atoms with Gasteiger partial charge in [-0.2, -0.15) is 0 Å². The second kappa shape index (κ2) is 3.11. The molecule has 1 aromatic carbocycles. The van der Waals surface area contributed by atoms with Crippen molar-refractivity contribution in [2.45, 2.75) is 19.4 Å². The van der Waals surface area contributed by atoms with E-state index in [1.54, 1.807) is 13.8 Å². The summed E-state index contributed by atoms with van der Waals surface area (Å²) < 4.78 is 1.03. The van der Waals surface area contributed by atoms with E-state index < -0.39 is 5.60 Å². The average molecular weight is 254 g/mol. The first-order chi connectivity index (χ1) is 6.50. The van der Waals surface area contributed by atoms with Crippen molar-refractivity contribution in [3.8, 4) is 0 Å². The molecule has 1 aromatic heterocycles. The van der Waals surface area contributed by atoms with Crippen LogP contribution in [0.15, 0.2) is 28.9 Å². The molecule has 0 radical (unpaired) electrons. The second-order valence-corrected chi connectivity index (χ2v) is 4.78. The van der Waals surface area contributed by atoms with Crippen molar-refractivity contribution in [2.24, 2.45) is 0 Å². The minimum Gasteiger partial charge on any atom is -0.386 e. The van der Waals surface area contributed by atoms with E-state index in [9.17, 15) is 5.11 Å². The predicted molar refractivity (Wildman–Crippen MR) is 61.2 cm³/mol. The van der Waals surface area contributed by atoms with Gasteiger partial charge in [-0.05, 0) is 29.8 Å². The third kappa shape index (κ3) is 1.47. The zero-order valence-corrected chi connectivity index (χ0v) is 9.72. The highest BCUT2D eigenvalue weighted by Crippen LogP contribution is 2.31. The standard InChI is InChI=1S/C11H12BrNO/c1-11(2,14)8-5-3-4-7-9(12)6-13-10(7)8/h3-6,13-14H,1-2H3. The Labute approximate surface area is 91.1 Å². The summed E-state index contributed by atoms with van der Waals surface area (Å²) in [4.78, 5) is 3.16. The van der Waals surface area contributed by atoms with Gasteiger partial charge in [0.1, 0.15) is 0 Å². The molecule has 0 saturated heterocycles. The van der Waals surface area contributed by atoms with E-state index in [1.165, 1.54) is 0 Å². The van der Waals surface area contributed by atoms with Gasteiger partial charge in [0, 0.05) is 21.6 Å². The molecule has 14 heavy (non-hydrogen) atoms. The van der Waals surface area contributed by atoms with Crippen molar-refractivity contribution in [1.82, 2.24) is 4.98 Å². The van der Waals surface area contributed by atoms with Gasteiger partial charge in [-0.25, -0.2) is 0 Å². The van der Waals surface area contributed by atoms with Crippen LogP contribution in [0.3, 0.4) is 0 Å². The lowest BCUT2D eigenvalue weighted by atomic mass is 9.96. The lowest BCUT2D eigenvalue weighted by Crippen LogP contribution is -2.15. The first-order valence-corrected chi connectivity index (χ1v) is 5.28. The first kappa shape index (κ1) is 9.74. The molecule has 0 spiro atoms. The second-order valence-electron chi connectivity index (χ2n) is 3.92. The third-order valence-electron chi connectivity index (χ3n) is 2.32. The number of nitrogens with one attached hydrogen (secondary N) is 1. The summed E-state index contributed by atoms with van der Waals surface area (Å²) in [5.41, 5.74) is 1.09. The van der Waals surface area contributed by atoms with E-state index in [0.29, 0.717) is 0 Å². The van der Waals surface area contributed by atoms with Crippen LogP contribution in [0.25, 0.3) is 10.9 Å². The Morgan fingerprint density at radius 1 is 1.36 bits per heavy atom. The molecule has 2 rings (SSSR count). The molecular weight excluding hydrogens is 242 g/mol. The summed E-state index contributed by atoms with van der Waals surface area (Å²) in [6.45, 7) is 3.58. The maximum atomic E-state index is 9.96. The highest BCUT2D eigenvalue weighted by atomic mass is 79.9. The Bertz CT molecular complexity index is 468. The topological polar surface area (TPSA) is 36.0 Å². The van der Waals surface area contributed by atoms with Gasteiger partial charge in [0.05, 0.1) is 11.1 Å². The van der Waals surface area contributed by atoms with Gasteiger partial charge in [-0.3, -0.25) is 0 Å². The molecule has 0 amide bonds. The van der Waals surface area contributed by atoms with Gasteiger partial charge in [-0.1, -0.05) is 18.2 Å². The molecule has 1 heterocycles. The number of aromatic amines is 1. The van der Waals surface area contributed by atoms with Crippen LogP contribution < -0.4 is 0 Å². The van der Waals surface area contributed by atoms with Gasteiger partial charge in [0.25, 0.3) is 0 Å². The number of hydrogen-bond donors (Lipinski definition) is 2. The number of aromatic nitrogens is 1. The summed E-state index contributed by atoms with van der Waals surface area (Å²) in [5, 5.41) is 11.1. The van der Waals surface area contributed by atoms with Crippen LogP contribution in [0, 0.1) is 0 Å². The Morgan fingerprint density at radius 3 is 2.71 bits per heavy atom. The van der Waals surface area contributed by atoms with Gasteiger partial charge < -0.3 is 10.1 Å². The number of para-hydroxylation sites is 1. The monoisotopic (exact) mass is 253 g/mol. The lowest BCUT2D eigenvalue weighted by Gasteiger charge is -2.18. The molecule has 74 valence electrons. The predicted octanol–water partition coefficient (Wildman–Crippen LogP) is 3.16. The van der Waals surface area contributed by atoms with E-state index in [4.69, 9.17) is 0 Å². The molecule has 0 fully saturated rings. The lowest BCUT2D eigenvalue weighted by molar-refractivity contribution is 0.0800. The van der Waals surface area contributed by atoms with Crippen LogP contribution in [-0.4, -0.2) is 10.1 Å². The van der Waals surface area contributed by atoms with E-state index in [2.05, 4.69) is 20.9 Å². The number of halogens is 1. The number of aliphatic hydroxyl groups is 1. The van der Waals surface area contributed by atoms with Crippen LogP contribution in [-0.2, 0) is 5.60 Å². The third-order valence-corrected chi connectivity index (χ3v) is 2.98. The van der Waals surface area contributed by atoms with Gasteiger partial charge in [0.15, 0.2) is 0 Å². The van der Waals surface area contributed by atoms with Crippen LogP contribution in [0.2, 0.25) is 0 Å². The highest BCUT2D eigenvalue weighted by molar-refractivity contribution is 9.10. The van der Waals surface area contributed by atoms with E-state index >= 15 is 0 Å². The van der Waals surface area contributed by atoms with Gasteiger partial charge in [-0.15, -0.1) is 0 Å². The average Bonchev–Trinajstić information content (AvgIpc) is 2.46. The van der Waals surface area contributed by atoms with Crippen molar-refractivity contribution in [2.75, 3.05) is 0 Å². The molecule has 0 saturated carbocycles. The molecule has 3 heteroatoms. The Morgan fingerprint density at radius 2 is 2.07 bits per heavy atom. The van der Waals surface area contributed by atoms with Crippen LogP contribution in [0.5, 0.6) is 0 Å². The van der Waals surface area contributed by atoms with Crippen molar-refractivity contribution >= 4 is 26.8 Å². The maximum Gasteiger partial charge on any atom is 0.0860 e. The molecular formula is C11H12BrNO. The van der Waals surface area contributed by atoms with E-state index in [0.717, 1.165) is 20.9 Å². The summed E-state index contributed by atoms with van der Waals surface area (Å²) >= 11 is 3.45. The normalized spacial score (nSPS) is 12.3. The fourth-order valence-electron chi connectivity index (χ4n) is 1.63. The number of hydrogen-bond acceptors (Lipinski definition) is 1. The highest BCUT2D eigenvalue weighted by Gasteiger charge is 2.19. The van der Waals surface area contributed by atoms with E-state index in [1.807, 2.05) is 24.4 Å². The van der Waals surface area contributed by atoms with Crippen LogP contribution in [0.4, 0.5) is 0 Å². The molecule has 0 aliphatic rings. The SMILES string of the molecule is CC(C)(O)c1cccc2c(Br)c[nH]c12. The summed E-state index contributed by atoms with van der Waals surface area (Å²) in [6, 6.07) is 5.91. The molecule has 0 aliphatic carbocycles. The van der Waals surface area contributed by atoms with Crippen molar-refractivity contribution in [1.29, 1.82) is 0 Å². The first-order valence-electron chi connectivity index (χ1n) is 4.48. The molecule has 2 N–H and O–H groups in total. The Balaban J connectivity index is 2.79. The summed E-state index contributed by atoms with van der Waals surface area (Å²) in [6.07, 6.45) is 1.89. The largest absolute Gasteiger partial charge is 0.386 e. The number of H-pyrrole nitrogens is 1. The zero-order chi connectivity index (χ0) is 10.3. The van der Waals surface area contributed by atoms with Crippen molar-refractivity contribution in [3.63, 3.8) is 0 Å². The molecule has 2 nitrogen and oxygen atoms in total. The quantitative estimate of drug-likeness (QED) is 0.805. The molecule has 2 aromatic rings. The smallest absolute Gasteiger partial charge is 0.0860 e. The Hall–Kier alpha value is -0.800. The summed E-state index contributed by atoms with van der Waals surface area (Å²) in [7, 11) is 0. The minimum absolute atomic E-state index is 0.816. The van der Waals surface area contributed by atoms with Crippen molar-refractivity contribution in [3.05, 3.63) is 34.4 Å². The Kier molecular flexibility index (Phi) is 2.16. The fraction of sp³-hybridized carbons (Fsp3) is 0.273. The number of fused-ring (bicyclic) bond motifs is 1. The van der Waals surface area contributed by atoms with Gasteiger partial charge in [0.2, 0.25) is 0 Å². The van der Waals surface area contributed by atoms with E-state index in [-0.39, 0.29) is 0 Å². The number of benzene rings is 1. The van der Waals surface area contributed by atoms with Crippen molar-refractivity contribution < 1.29 is 5.11 Å². The van der Waals surface area contributed by atoms with Crippen LogP contribution >= 0.6 is 15.9 Å². The fourth-order valence-corrected chi connectivity index (χ4v) is 2.07. The maximum absolute atomic E-state index is 9.96. The zero-order valence-electron chi connectivity index (χ0n) is 8.13.